The summed E-state index contributed by atoms with van der Waals surface area (Å²) in [6.07, 6.45) is 14.5. The normalized spacial score (nSPS) is 21.0. The predicted molar refractivity (Wildman–Crippen MR) is 237 cm³/mol. The molecule has 6 heterocycles. The Bertz CT molecular complexity index is 2050. The van der Waals surface area contributed by atoms with Gasteiger partial charge in [0.2, 0.25) is 11.8 Å². The van der Waals surface area contributed by atoms with Crippen LogP contribution in [0.5, 0.6) is 0 Å². The molecule has 2 aliphatic heterocycles. The van der Waals surface area contributed by atoms with Gasteiger partial charge in [-0.15, -0.1) is 0 Å². The molecule has 0 bridgehead atoms. The summed E-state index contributed by atoms with van der Waals surface area (Å²) in [5.74, 6) is 2.19. The molecular weight excluding hydrogens is 809 g/mol. The van der Waals surface area contributed by atoms with Gasteiger partial charge in [-0.1, -0.05) is 0 Å². The maximum Gasteiger partial charge on any atom is 0.302 e. The van der Waals surface area contributed by atoms with Crippen molar-refractivity contribution in [2.75, 3.05) is 54.9 Å². The molecule has 8 rings (SSSR count). The first-order chi connectivity index (χ1) is 30.0. The van der Waals surface area contributed by atoms with Gasteiger partial charge in [0.1, 0.15) is 11.2 Å². The maximum atomic E-state index is 12.7. The first-order valence-electron chi connectivity index (χ1n) is 21.3. The van der Waals surface area contributed by atoms with Gasteiger partial charge in [0.15, 0.2) is 23.3 Å². The molecular formula is C45H60N10O8. The maximum absolute atomic E-state index is 12.7. The van der Waals surface area contributed by atoms with Crippen LogP contribution in [0.2, 0.25) is 0 Å². The highest BCUT2D eigenvalue weighted by molar-refractivity contribution is 6.02. The monoisotopic (exact) mass is 868 g/mol. The highest BCUT2D eigenvalue weighted by Gasteiger charge is 2.37. The number of rotatable bonds is 8. The van der Waals surface area contributed by atoms with Crippen LogP contribution in [0.4, 0.5) is 23.3 Å². The van der Waals surface area contributed by atoms with E-state index in [-0.39, 0.29) is 55.2 Å². The summed E-state index contributed by atoms with van der Waals surface area (Å²) in [5.41, 5.74) is 2.02. The quantitative estimate of drug-likeness (QED) is 0.168. The Hall–Kier alpha value is -5.69. The van der Waals surface area contributed by atoms with E-state index in [4.69, 9.17) is 19.4 Å². The van der Waals surface area contributed by atoms with Crippen LogP contribution >= 0.6 is 0 Å². The van der Waals surface area contributed by atoms with E-state index < -0.39 is 11.2 Å². The number of hydrogen-bond acceptors (Lipinski definition) is 16. The lowest BCUT2D eigenvalue weighted by Crippen LogP contribution is -2.49. The molecule has 4 aromatic heterocycles. The zero-order valence-corrected chi connectivity index (χ0v) is 37.4. The molecule has 0 saturated heterocycles. The summed E-state index contributed by atoms with van der Waals surface area (Å²) < 4.78 is 15.0. The summed E-state index contributed by atoms with van der Waals surface area (Å²) in [6, 6.07) is 7.50. The minimum absolute atomic E-state index is 0.0142. The molecule has 338 valence electrons. The number of carbonyl (C=O) groups is 3. The standard InChI is InChI=1S/2C21H27N5O3.C3H6O2/c2*1-21(2,28)17-9-4-13(10-22-17)16-11-23-19-20(25-16)26(18(27)12-24-19)14-5-7-15(29-3)8-6-14;1-3(4)5-2/h2*4,9-11,14-15,28H,5-8,12H2,1-3H3,(H,23,24);1-2H3. The lowest BCUT2D eigenvalue weighted by Gasteiger charge is -2.38. The van der Waals surface area contributed by atoms with Gasteiger partial charge in [-0.3, -0.25) is 34.2 Å². The smallest absolute Gasteiger partial charge is 0.302 e. The van der Waals surface area contributed by atoms with Crippen molar-refractivity contribution in [1.29, 1.82) is 0 Å². The third kappa shape index (κ3) is 11.5. The fourth-order valence-corrected chi connectivity index (χ4v) is 7.99. The Morgan fingerprint density at radius 1 is 0.619 bits per heavy atom. The van der Waals surface area contributed by atoms with E-state index in [1.165, 1.54) is 14.0 Å². The molecule has 0 aromatic carbocycles. The molecule has 18 nitrogen and oxygen atoms in total. The number of ether oxygens (including phenoxy) is 3. The average molecular weight is 869 g/mol. The number of nitrogens with one attached hydrogen (secondary N) is 2. The fourth-order valence-electron chi connectivity index (χ4n) is 7.99. The molecule has 2 fully saturated rings. The SMILES string of the molecule is COC(C)=O.COC1CCC(N2C(=O)CNc3ncc(-c4ccc(C(C)(C)O)nc4)nc32)CC1.COC1CCC(N2C(=O)CNc3ncc(-c4ccc(C(C)(C)O)nc4)nc32)CC1. The zero-order valence-electron chi connectivity index (χ0n) is 37.4. The van der Waals surface area contributed by atoms with Crippen molar-refractivity contribution < 1.29 is 38.8 Å². The van der Waals surface area contributed by atoms with Crippen molar-refractivity contribution in [2.45, 2.75) is 121 Å². The van der Waals surface area contributed by atoms with Crippen LogP contribution in [0.1, 0.15) is 97.4 Å². The molecule has 4 N–H and O–H groups in total. The van der Waals surface area contributed by atoms with Crippen molar-refractivity contribution >= 4 is 41.1 Å². The second kappa shape index (κ2) is 20.2. The van der Waals surface area contributed by atoms with Crippen molar-refractivity contribution in [3.05, 3.63) is 60.4 Å². The Kier molecular flexibility index (Phi) is 15.0. The molecule has 2 aliphatic carbocycles. The fraction of sp³-hybridized carbons (Fsp3) is 0.533. The molecule has 2 saturated carbocycles. The highest BCUT2D eigenvalue weighted by atomic mass is 16.5. The van der Waals surface area contributed by atoms with Crippen LogP contribution < -0.4 is 20.4 Å². The van der Waals surface area contributed by atoms with Gasteiger partial charge in [-0.05, 0) is 103 Å². The number of aromatic nitrogens is 6. The number of aliphatic hydroxyl groups is 2. The van der Waals surface area contributed by atoms with E-state index in [1.54, 1.807) is 78.8 Å². The molecule has 63 heavy (non-hydrogen) atoms. The largest absolute Gasteiger partial charge is 0.469 e. The molecule has 2 amide bonds. The number of fused-ring (bicyclic) bond motifs is 2. The van der Waals surface area contributed by atoms with E-state index in [1.807, 2.05) is 21.9 Å². The van der Waals surface area contributed by atoms with Crippen molar-refractivity contribution in [3.8, 4) is 22.5 Å². The number of nitrogens with zero attached hydrogens (tertiary/aromatic N) is 8. The van der Waals surface area contributed by atoms with Crippen LogP contribution in [0.3, 0.4) is 0 Å². The molecule has 4 aliphatic rings. The number of methoxy groups -OCH3 is 3. The van der Waals surface area contributed by atoms with Crippen LogP contribution in [0, 0.1) is 0 Å². The zero-order chi connectivity index (χ0) is 45.5. The minimum atomic E-state index is -1.01. The number of esters is 1. The number of hydrogen-bond donors (Lipinski definition) is 4. The van der Waals surface area contributed by atoms with Gasteiger partial charge in [-0.2, -0.15) is 0 Å². The Morgan fingerprint density at radius 2 is 0.984 bits per heavy atom. The molecule has 0 spiro atoms. The number of carbonyl (C=O) groups excluding carboxylic acids is 3. The Labute approximate surface area is 368 Å². The topological polar surface area (TPSA) is 227 Å². The van der Waals surface area contributed by atoms with Crippen molar-refractivity contribution in [2.24, 2.45) is 0 Å². The van der Waals surface area contributed by atoms with Crippen molar-refractivity contribution in [1.82, 2.24) is 29.9 Å². The second-order valence-electron chi connectivity index (χ2n) is 17.1. The van der Waals surface area contributed by atoms with E-state index >= 15 is 0 Å². The summed E-state index contributed by atoms with van der Waals surface area (Å²) in [5, 5.41) is 26.3. The van der Waals surface area contributed by atoms with E-state index in [2.05, 4.69) is 35.3 Å². The number of amides is 2. The molecule has 0 atom stereocenters. The average Bonchev–Trinajstić information content (AvgIpc) is 3.28. The van der Waals surface area contributed by atoms with Crippen LogP contribution in [-0.4, -0.2) is 117 Å². The molecule has 0 radical (unpaired) electrons. The molecule has 0 unspecified atom stereocenters. The van der Waals surface area contributed by atoms with E-state index in [0.717, 1.165) is 62.5 Å². The summed E-state index contributed by atoms with van der Waals surface area (Å²) >= 11 is 0. The van der Waals surface area contributed by atoms with Gasteiger partial charge in [0, 0.05) is 56.7 Å². The van der Waals surface area contributed by atoms with Crippen molar-refractivity contribution in [3.63, 3.8) is 0 Å². The lowest BCUT2D eigenvalue weighted by atomic mass is 9.91. The first kappa shape index (κ1) is 46.8. The van der Waals surface area contributed by atoms with Gasteiger partial charge in [0.25, 0.3) is 0 Å². The van der Waals surface area contributed by atoms with E-state index in [0.29, 0.717) is 46.0 Å². The van der Waals surface area contributed by atoms with Crippen LogP contribution in [0.15, 0.2) is 49.1 Å². The second-order valence-corrected chi connectivity index (χ2v) is 17.1. The summed E-state index contributed by atoms with van der Waals surface area (Å²) in [4.78, 5) is 65.9. The molecule has 4 aromatic rings. The van der Waals surface area contributed by atoms with Gasteiger partial charge in [0.05, 0.1) is 67.6 Å². The highest BCUT2D eigenvalue weighted by Crippen LogP contribution is 2.36. The Balaban J connectivity index is 0.000000190. The summed E-state index contributed by atoms with van der Waals surface area (Å²) in [7, 11) is 4.83. The third-order valence-electron chi connectivity index (χ3n) is 11.7. The van der Waals surface area contributed by atoms with Gasteiger partial charge < -0.3 is 35.1 Å². The third-order valence-corrected chi connectivity index (χ3v) is 11.7. The van der Waals surface area contributed by atoms with Crippen LogP contribution in [-0.2, 0) is 39.8 Å². The van der Waals surface area contributed by atoms with Gasteiger partial charge in [-0.25, -0.2) is 19.9 Å². The van der Waals surface area contributed by atoms with Crippen LogP contribution in [0.25, 0.3) is 22.5 Å². The number of anilines is 4. The summed E-state index contributed by atoms with van der Waals surface area (Å²) in [6.45, 7) is 8.60. The van der Waals surface area contributed by atoms with E-state index in [9.17, 15) is 24.6 Å². The minimum Gasteiger partial charge on any atom is -0.469 e. The lowest BCUT2D eigenvalue weighted by molar-refractivity contribution is -0.138. The van der Waals surface area contributed by atoms with Gasteiger partial charge >= 0.3 is 5.97 Å². The molecule has 18 heteroatoms. The predicted octanol–water partition coefficient (Wildman–Crippen LogP) is 5.14. The number of pyridine rings is 2. The Morgan fingerprint density at radius 3 is 1.27 bits per heavy atom. The first-order valence-corrected chi connectivity index (χ1v) is 21.3.